The highest BCUT2D eigenvalue weighted by Crippen LogP contribution is 2.28. The Bertz CT molecular complexity index is 1100. The van der Waals surface area contributed by atoms with Gasteiger partial charge in [0.2, 0.25) is 0 Å². The van der Waals surface area contributed by atoms with Gasteiger partial charge in [-0.3, -0.25) is 19.5 Å². The van der Waals surface area contributed by atoms with Gasteiger partial charge in [-0.1, -0.05) is 12.1 Å². The van der Waals surface area contributed by atoms with Gasteiger partial charge in [0.1, 0.15) is 0 Å². The molecule has 10 nitrogen and oxygen atoms in total. The summed E-state index contributed by atoms with van der Waals surface area (Å²) in [5.74, 6) is -0.901. The summed E-state index contributed by atoms with van der Waals surface area (Å²) in [7, 11) is 0. The number of hydrogen-bond acceptors (Lipinski definition) is 7. The zero-order valence-electron chi connectivity index (χ0n) is 17.5. The quantitative estimate of drug-likeness (QED) is 0.521. The summed E-state index contributed by atoms with van der Waals surface area (Å²) < 4.78 is 7.23. The number of carbonyl (C=O) groups excluding carboxylic acids is 2. The Morgan fingerprint density at radius 1 is 1.25 bits per heavy atom. The molecule has 3 aromatic rings. The third kappa shape index (κ3) is 4.11. The van der Waals surface area contributed by atoms with Crippen molar-refractivity contribution in [1.82, 2.24) is 14.8 Å². The van der Waals surface area contributed by atoms with E-state index in [1.807, 2.05) is 0 Å². The SMILES string of the molecule is C[C@]1(C(O)C(=O)Nc2ccc(CN)cc2)OCCN(c2ccn(-c3ccncc3)n2)C1=O. The van der Waals surface area contributed by atoms with Crippen LogP contribution in [0.15, 0.2) is 61.1 Å². The van der Waals surface area contributed by atoms with Crippen LogP contribution in [-0.4, -0.2) is 56.5 Å². The first-order chi connectivity index (χ1) is 15.4. The number of amides is 2. The molecule has 0 radical (unpaired) electrons. The van der Waals surface area contributed by atoms with Crippen LogP contribution in [0.25, 0.3) is 5.69 Å². The Hall–Kier alpha value is -3.60. The number of hydrogen-bond donors (Lipinski definition) is 3. The Morgan fingerprint density at radius 3 is 2.66 bits per heavy atom. The molecule has 1 aliphatic rings. The number of aliphatic hydroxyl groups excluding tert-OH is 1. The van der Waals surface area contributed by atoms with E-state index in [-0.39, 0.29) is 13.2 Å². The molecule has 4 rings (SSSR count). The number of carbonyl (C=O) groups is 2. The minimum absolute atomic E-state index is 0.139. The second-order valence-corrected chi connectivity index (χ2v) is 7.53. The number of nitrogens with two attached hydrogens (primary N) is 1. The first-order valence-corrected chi connectivity index (χ1v) is 10.1. The molecule has 1 aliphatic heterocycles. The number of nitrogens with zero attached hydrogens (tertiary/aromatic N) is 4. The number of ether oxygens (including phenoxy) is 1. The molecule has 1 saturated heterocycles. The summed E-state index contributed by atoms with van der Waals surface area (Å²) in [5, 5.41) is 17.8. The Labute approximate surface area is 184 Å². The number of aromatic nitrogens is 3. The van der Waals surface area contributed by atoms with Crippen LogP contribution >= 0.6 is 0 Å². The van der Waals surface area contributed by atoms with Crippen LogP contribution in [0.4, 0.5) is 11.5 Å². The van der Waals surface area contributed by atoms with Crippen molar-refractivity contribution in [3.63, 3.8) is 0 Å². The number of pyridine rings is 1. The fourth-order valence-electron chi connectivity index (χ4n) is 3.48. The number of aliphatic hydroxyl groups is 1. The van der Waals surface area contributed by atoms with E-state index in [2.05, 4.69) is 15.4 Å². The molecule has 0 saturated carbocycles. The van der Waals surface area contributed by atoms with Crippen molar-refractivity contribution in [1.29, 1.82) is 0 Å². The van der Waals surface area contributed by atoms with E-state index in [1.165, 1.54) is 11.8 Å². The maximum Gasteiger partial charge on any atom is 0.263 e. The predicted molar refractivity (Wildman–Crippen MR) is 117 cm³/mol. The van der Waals surface area contributed by atoms with Crippen LogP contribution < -0.4 is 16.0 Å². The number of benzene rings is 1. The molecular formula is C22H24N6O4. The van der Waals surface area contributed by atoms with Gasteiger partial charge in [-0.2, -0.15) is 0 Å². The van der Waals surface area contributed by atoms with Crippen molar-refractivity contribution < 1.29 is 19.4 Å². The van der Waals surface area contributed by atoms with Gasteiger partial charge in [0.05, 0.1) is 18.8 Å². The van der Waals surface area contributed by atoms with Gasteiger partial charge in [-0.05, 0) is 36.8 Å². The second kappa shape index (κ2) is 8.87. The molecule has 2 atom stereocenters. The standard InChI is InChI=1S/C22H24N6O4/c1-22(19(29)20(30)25-16-4-2-15(14-23)3-5-16)21(31)27(12-13-32-22)18-8-11-28(26-18)17-6-9-24-10-7-17/h2-11,19,29H,12-14,23H2,1H3,(H,25,30)/t19?,22-/m1/s1. The van der Waals surface area contributed by atoms with Crippen molar-refractivity contribution >= 4 is 23.3 Å². The molecule has 1 unspecified atom stereocenters. The second-order valence-electron chi connectivity index (χ2n) is 7.53. The maximum absolute atomic E-state index is 13.3. The molecular weight excluding hydrogens is 412 g/mol. The van der Waals surface area contributed by atoms with Gasteiger partial charge in [0.25, 0.3) is 11.8 Å². The van der Waals surface area contributed by atoms with Gasteiger partial charge >= 0.3 is 0 Å². The third-order valence-electron chi connectivity index (χ3n) is 5.39. The lowest BCUT2D eigenvalue weighted by Gasteiger charge is -2.40. The van der Waals surface area contributed by atoms with Crippen LogP contribution in [-0.2, 0) is 20.9 Å². The Kier molecular flexibility index (Phi) is 5.99. The van der Waals surface area contributed by atoms with E-state index in [9.17, 15) is 14.7 Å². The molecule has 2 aromatic heterocycles. The number of anilines is 2. The lowest BCUT2D eigenvalue weighted by molar-refractivity contribution is -0.170. The molecule has 1 aromatic carbocycles. The Balaban J connectivity index is 1.50. The van der Waals surface area contributed by atoms with E-state index < -0.39 is 23.5 Å². The van der Waals surface area contributed by atoms with E-state index in [0.717, 1.165) is 11.3 Å². The highest BCUT2D eigenvalue weighted by atomic mass is 16.5. The maximum atomic E-state index is 13.3. The summed E-state index contributed by atoms with van der Waals surface area (Å²) in [4.78, 5) is 31.3. The summed E-state index contributed by atoms with van der Waals surface area (Å²) in [6.45, 7) is 2.17. The van der Waals surface area contributed by atoms with Crippen LogP contribution in [0.3, 0.4) is 0 Å². The lowest BCUT2D eigenvalue weighted by Crippen LogP contribution is -2.63. The van der Waals surface area contributed by atoms with Crippen LogP contribution in [0.2, 0.25) is 0 Å². The zero-order chi connectivity index (χ0) is 22.7. The fraction of sp³-hybridized carbons (Fsp3) is 0.273. The fourth-order valence-corrected chi connectivity index (χ4v) is 3.48. The molecule has 32 heavy (non-hydrogen) atoms. The highest BCUT2D eigenvalue weighted by molar-refractivity contribution is 6.05. The van der Waals surface area contributed by atoms with Crippen LogP contribution in [0, 0.1) is 0 Å². The molecule has 4 N–H and O–H groups in total. The van der Waals surface area contributed by atoms with Gasteiger partial charge in [-0.15, -0.1) is 5.10 Å². The minimum Gasteiger partial charge on any atom is -0.380 e. The first-order valence-electron chi connectivity index (χ1n) is 10.1. The highest BCUT2D eigenvalue weighted by Gasteiger charge is 2.51. The van der Waals surface area contributed by atoms with E-state index in [1.54, 1.807) is 65.7 Å². The van der Waals surface area contributed by atoms with E-state index in [0.29, 0.717) is 18.1 Å². The average molecular weight is 436 g/mol. The van der Waals surface area contributed by atoms with E-state index >= 15 is 0 Å². The first kappa shape index (κ1) is 21.6. The minimum atomic E-state index is -1.76. The van der Waals surface area contributed by atoms with Crippen molar-refractivity contribution in [2.45, 2.75) is 25.2 Å². The normalized spacial score (nSPS) is 19.6. The molecule has 2 amide bonds. The molecule has 0 aliphatic carbocycles. The zero-order valence-corrected chi connectivity index (χ0v) is 17.5. The topological polar surface area (TPSA) is 136 Å². The number of morpholine rings is 1. The van der Waals surface area contributed by atoms with Gasteiger partial charge in [-0.25, -0.2) is 4.68 Å². The van der Waals surface area contributed by atoms with Crippen LogP contribution in [0.1, 0.15) is 12.5 Å². The summed E-state index contributed by atoms with van der Waals surface area (Å²) >= 11 is 0. The number of nitrogens with one attached hydrogen (secondary N) is 1. The molecule has 166 valence electrons. The molecule has 1 fully saturated rings. The summed E-state index contributed by atoms with van der Waals surface area (Å²) in [6, 6.07) is 12.2. The largest absolute Gasteiger partial charge is 0.380 e. The van der Waals surface area contributed by atoms with Crippen LogP contribution in [0.5, 0.6) is 0 Å². The lowest BCUT2D eigenvalue weighted by atomic mass is 9.94. The van der Waals surface area contributed by atoms with Gasteiger partial charge < -0.3 is 20.9 Å². The monoisotopic (exact) mass is 436 g/mol. The third-order valence-corrected chi connectivity index (χ3v) is 5.39. The Morgan fingerprint density at radius 2 is 1.97 bits per heavy atom. The van der Waals surface area contributed by atoms with Crippen molar-refractivity contribution in [2.75, 3.05) is 23.4 Å². The molecule has 10 heteroatoms. The van der Waals surface area contributed by atoms with Crippen molar-refractivity contribution in [2.24, 2.45) is 5.73 Å². The smallest absolute Gasteiger partial charge is 0.263 e. The summed E-state index contributed by atoms with van der Waals surface area (Å²) in [5.41, 5.74) is 5.99. The average Bonchev–Trinajstić information content (AvgIpc) is 3.31. The van der Waals surface area contributed by atoms with Gasteiger partial charge in [0.15, 0.2) is 17.5 Å². The summed E-state index contributed by atoms with van der Waals surface area (Å²) in [6.07, 6.45) is 3.28. The van der Waals surface area contributed by atoms with E-state index in [4.69, 9.17) is 10.5 Å². The van der Waals surface area contributed by atoms with Crippen molar-refractivity contribution in [3.8, 4) is 5.69 Å². The van der Waals surface area contributed by atoms with Gasteiger partial charge in [0, 0.05) is 36.9 Å². The predicted octanol–water partition coefficient (Wildman–Crippen LogP) is 0.847. The molecule has 0 bridgehead atoms. The molecule has 3 heterocycles. The van der Waals surface area contributed by atoms with Crippen molar-refractivity contribution in [3.05, 3.63) is 66.6 Å². The number of rotatable bonds is 6. The molecule has 0 spiro atoms.